The highest BCUT2D eigenvalue weighted by Gasteiger charge is 2.70. The molecule has 27 heavy (non-hydrogen) atoms. The van der Waals surface area contributed by atoms with E-state index in [4.69, 9.17) is 0 Å². The molecule has 8 aliphatic rings. The van der Waals surface area contributed by atoms with Gasteiger partial charge in [0.2, 0.25) is 0 Å². The number of hydrogen-bond acceptors (Lipinski definition) is 1. The van der Waals surface area contributed by atoms with E-state index < -0.39 is 0 Å². The average Bonchev–Trinajstić information content (AvgIpc) is 2.56. The summed E-state index contributed by atoms with van der Waals surface area (Å²) in [5.41, 5.74) is 1.77. The Morgan fingerprint density at radius 1 is 0.667 bits per heavy atom. The molecule has 1 nitrogen and oxygen atoms in total. The molecule has 2 heteroatoms. The molecular formula is C25H42NP. The molecule has 0 amide bonds. The minimum absolute atomic E-state index is 0.480. The highest BCUT2D eigenvalue weighted by Crippen LogP contribution is 2.74. The van der Waals surface area contributed by atoms with Gasteiger partial charge in [-0.05, 0) is 150 Å². The third-order valence-corrected chi connectivity index (χ3v) is 11.4. The fourth-order valence-electron chi connectivity index (χ4n) is 11.7. The van der Waals surface area contributed by atoms with E-state index in [2.05, 4.69) is 28.2 Å². The molecule has 8 rings (SSSR count). The Morgan fingerprint density at radius 3 is 1.19 bits per heavy atom. The third kappa shape index (κ3) is 2.31. The lowest BCUT2D eigenvalue weighted by molar-refractivity contribution is -0.231. The van der Waals surface area contributed by atoms with Crippen molar-refractivity contribution in [3.8, 4) is 0 Å². The van der Waals surface area contributed by atoms with Crippen molar-refractivity contribution in [2.75, 3.05) is 20.3 Å². The molecule has 0 aromatic rings. The molecule has 0 heterocycles. The summed E-state index contributed by atoms with van der Waals surface area (Å²) in [6.45, 7) is 0. The first-order valence-electron chi connectivity index (χ1n) is 12.3. The van der Waals surface area contributed by atoms with Gasteiger partial charge in [0.25, 0.3) is 0 Å². The molecule has 0 saturated heterocycles. The Bertz CT molecular complexity index is 493. The van der Waals surface area contributed by atoms with Crippen molar-refractivity contribution in [3.63, 3.8) is 0 Å². The highest BCUT2D eigenvalue weighted by atomic mass is 31.0. The normalized spacial score (nSPS) is 54.7. The first kappa shape index (κ1) is 18.2. The SMILES string of the molecule is CN(C)C(CCP)(C12CC3CC(CC(C3)C1)C2)C12CC3CC(CC(C3)C1)C2. The van der Waals surface area contributed by atoms with E-state index in [1.807, 2.05) is 0 Å². The molecule has 8 saturated carbocycles. The summed E-state index contributed by atoms with van der Waals surface area (Å²) in [4.78, 5) is 2.86. The van der Waals surface area contributed by atoms with Crippen molar-refractivity contribution >= 4 is 9.24 Å². The lowest BCUT2D eigenvalue weighted by Gasteiger charge is -2.74. The summed E-state index contributed by atoms with van der Waals surface area (Å²) in [5, 5.41) is 0. The molecule has 8 aliphatic carbocycles. The summed E-state index contributed by atoms with van der Waals surface area (Å²) < 4.78 is 0. The standard InChI is InChI=1S/C25H42NP/c1-26(2)25(3-4-27,23-11-17-5-18(12-23)7-19(6-17)13-23)24-14-20-8-21(15-24)10-22(9-20)16-24/h17-22H,3-16,27H2,1-2H3. The van der Waals surface area contributed by atoms with Crippen LogP contribution in [0.4, 0.5) is 0 Å². The monoisotopic (exact) mass is 387 g/mol. The van der Waals surface area contributed by atoms with Gasteiger partial charge in [-0.25, -0.2) is 0 Å². The van der Waals surface area contributed by atoms with Crippen molar-refractivity contribution in [1.29, 1.82) is 0 Å². The van der Waals surface area contributed by atoms with Gasteiger partial charge in [-0.1, -0.05) is 0 Å². The molecule has 0 N–H and O–H groups in total. The Morgan fingerprint density at radius 2 is 0.963 bits per heavy atom. The van der Waals surface area contributed by atoms with Crippen LogP contribution in [0.15, 0.2) is 0 Å². The average molecular weight is 388 g/mol. The number of rotatable bonds is 5. The first-order chi connectivity index (χ1) is 13.0. The fourth-order valence-corrected chi connectivity index (χ4v) is 12.1. The molecule has 0 aromatic heterocycles. The minimum Gasteiger partial charge on any atom is -0.303 e. The van der Waals surface area contributed by atoms with Crippen LogP contribution in [-0.4, -0.2) is 30.7 Å². The maximum atomic E-state index is 3.16. The summed E-state index contributed by atoms with van der Waals surface area (Å²) in [6.07, 6.45) is 21.8. The smallest absolute Gasteiger partial charge is 0.0319 e. The second-order valence-corrected chi connectivity index (χ2v) is 13.3. The zero-order chi connectivity index (χ0) is 18.4. The van der Waals surface area contributed by atoms with Crippen LogP contribution in [0.5, 0.6) is 0 Å². The van der Waals surface area contributed by atoms with Gasteiger partial charge in [0.05, 0.1) is 0 Å². The largest absolute Gasteiger partial charge is 0.303 e. The van der Waals surface area contributed by atoms with E-state index in [0.29, 0.717) is 16.4 Å². The molecule has 8 bridgehead atoms. The van der Waals surface area contributed by atoms with Gasteiger partial charge in [0, 0.05) is 5.54 Å². The van der Waals surface area contributed by atoms with Crippen LogP contribution in [-0.2, 0) is 0 Å². The van der Waals surface area contributed by atoms with Crippen molar-refractivity contribution in [3.05, 3.63) is 0 Å². The van der Waals surface area contributed by atoms with Gasteiger partial charge in [-0.15, -0.1) is 9.24 Å². The van der Waals surface area contributed by atoms with E-state index in [9.17, 15) is 0 Å². The van der Waals surface area contributed by atoms with Crippen LogP contribution in [0.3, 0.4) is 0 Å². The molecule has 0 spiro atoms. The van der Waals surface area contributed by atoms with E-state index in [1.165, 1.54) is 12.6 Å². The molecular weight excluding hydrogens is 345 g/mol. The van der Waals surface area contributed by atoms with Gasteiger partial charge in [0.1, 0.15) is 0 Å². The van der Waals surface area contributed by atoms with Gasteiger partial charge in [0.15, 0.2) is 0 Å². The van der Waals surface area contributed by atoms with Crippen LogP contribution < -0.4 is 0 Å². The van der Waals surface area contributed by atoms with Crippen molar-refractivity contribution in [1.82, 2.24) is 4.90 Å². The molecule has 8 fully saturated rings. The zero-order valence-corrected chi connectivity index (χ0v) is 19.0. The number of nitrogens with zero attached hydrogens (tertiary/aromatic N) is 1. The number of hydrogen-bond donors (Lipinski definition) is 0. The summed E-state index contributed by atoms with van der Waals surface area (Å²) in [7, 11) is 8.18. The van der Waals surface area contributed by atoms with Crippen LogP contribution in [0.1, 0.15) is 83.5 Å². The van der Waals surface area contributed by atoms with E-state index in [-0.39, 0.29) is 0 Å². The van der Waals surface area contributed by atoms with Gasteiger partial charge < -0.3 is 4.90 Å². The second kappa shape index (κ2) is 5.97. The van der Waals surface area contributed by atoms with E-state index in [1.54, 1.807) is 77.0 Å². The van der Waals surface area contributed by atoms with Crippen molar-refractivity contribution in [2.24, 2.45) is 46.3 Å². The third-order valence-electron chi connectivity index (χ3n) is 11.1. The summed E-state index contributed by atoms with van der Waals surface area (Å²) >= 11 is 0. The van der Waals surface area contributed by atoms with Crippen LogP contribution >= 0.6 is 9.24 Å². The second-order valence-electron chi connectivity index (χ2n) is 12.7. The van der Waals surface area contributed by atoms with Crippen LogP contribution in [0, 0.1) is 46.3 Å². The van der Waals surface area contributed by atoms with Crippen molar-refractivity contribution in [2.45, 2.75) is 89.0 Å². The maximum Gasteiger partial charge on any atom is 0.0319 e. The molecule has 0 aromatic carbocycles. The zero-order valence-electron chi connectivity index (χ0n) is 17.9. The van der Waals surface area contributed by atoms with Gasteiger partial charge in [-0.3, -0.25) is 0 Å². The lowest BCUT2D eigenvalue weighted by atomic mass is 9.34. The summed E-state index contributed by atoms with van der Waals surface area (Å²) in [6, 6.07) is 0. The highest BCUT2D eigenvalue weighted by molar-refractivity contribution is 7.16. The Balaban J connectivity index is 1.50. The topological polar surface area (TPSA) is 3.24 Å². The fraction of sp³-hybridized carbons (Fsp3) is 1.00. The Kier molecular flexibility index (Phi) is 4.02. The maximum absolute atomic E-state index is 3.16. The molecule has 0 radical (unpaired) electrons. The lowest BCUT2D eigenvalue weighted by Crippen LogP contribution is -2.73. The predicted molar refractivity (Wildman–Crippen MR) is 117 cm³/mol. The quantitative estimate of drug-likeness (QED) is 0.524. The van der Waals surface area contributed by atoms with Crippen LogP contribution in [0.2, 0.25) is 0 Å². The van der Waals surface area contributed by atoms with E-state index in [0.717, 1.165) is 35.5 Å². The van der Waals surface area contributed by atoms with Gasteiger partial charge >= 0.3 is 0 Å². The van der Waals surface area contributed by atoms with E-state index >= 15 is 0 Å². The van der Waals surface area contributed by atoms with Gasteiger partial charge in [-0.2, -0.15) is 0 Å². The predicted octanol–water partition coefficient (Wildman–Crippen LogP) is 5.98. The molecule has 0 aliphatic heterocycles. The summed E-state index contributed by atoms with van der Waals surface area (Å²) in [5.74, 6) is 6.47. The Hall–Kier alpha value is 0.390. The Labute approximate surface area is 170 Å². The van der Waals surface area contributed by atoms with Crippen molar-refractivity contribution < 1.29 is 0 Å². The molecule has 152 valence electrons. The molecule has 1 unspecified atom stereocenters. The van der Waals surface area contributed by atoms with Crippen LogP contribution in [0.25, 0.3) is 0 Å². The molecule has 1 atom stereocenters. The minimum atomic E-state index is 0.480. The first-order valence-corrected chi connectivity index (χ1v) is 13.2.